The Hall–Kier alpha value is -1.38. The van der Waals surface area contributed by atoms with Gasteiger partial charge in [-0.25, -0.2) is 0 Å². The maximum atomic E-state index is 5.91. The van der Waals surface area contributed by atoms with Crippen molar-refractivity contribution >= 4 is 11.4 Å². The summed E-state index contributed by atoms with van der Waals surface area (Å²) in [4.78, 5) is 0. The Kier molecular flexibility index (Phi) is 6.00. The number of nitrogens with one attached hydrogen (secondary N) is 1. The van der Waals surface area contributed by atoms with Gasteiger partial charge in [0.05, 0.1) is 11.8 Å². The lowest BCUT2D eigenvalue weighted by Gasteiger charge is -2.18. The molecule has 3 heteroatoms. The van der Waals surface area contributed by atoms with Crippen LogP contribution in [0.4, 0.5) is 11.4 Å². The van der Waals surface area contributed by atoms with E-state index in [-0.39, 0.29) is 6.10 Å². The molecule has 0 saturated heterocycles. The van der Waals surface area contributed by atoms with Crippen molar-refractivity contribution in [3.8, 4) is 5.75 Å². The Morgan fingerprint density at radius 3 is 2.37 bits per heavy atom. The summed E-state index contributed by atoms with van der Waals surface area (Å²) in [6.45, 7) is 10.7. The van der Waals surface area contributed by atoms with Gasteiger partial charge in [-0.3, -0.25) is 0 Å². The van der Waals surface area contributed by atoms with Crippen molar-refractivity contribution in [2.45, 2.75) is 59.6 Å². The standard InChI is InChI=1S/C16H28N2O/c1-11(2)6-7-13(5)18-14-8-9-15(17)16(10-14)19-12(3)4/h8-13,18H,6-7,17H2,1-5H3. The molecule has 3 N–H and O–H groups in total. The van der Waals surface area contributed by atoms with Crippen molar-refractivity contribution < 1.29 is 4.74 Å². The van der Waals surface area contributed by atoms with Crippen molar-refractivity contribution in [2.24, 2.45) is 5.92 Å². The summed E-state index contributed by atoms with van der Waals surface area (Å²) in [6, 6.07) is 6.35. The highest BCUT2D eigenvalue weighted by Gasteiger charge is 2.07. The highest BCUT2D eigenvalue weighted by atomic mass is 16.5. The Morgan fingerprint density at radius 1 is 1.11 bits per heavy atom. The number of nitrogens with two attached hydrogens (primary N) is 1. The zero-order chi connectivity index (χ0) is 14.4. The van der Waals surface area contributed by atoms with Gasteiger partial charge in [-0.1, -0.05) is 13.8 Å². The fraction of sp³-hybridized carbons (Fsp3) is 0.625. The molecule has 108 valence electrons. The van der Waals surface area contributed by atoms with E-state index in [0.29, 0.717) is 11.7 Å². The summed E-state index contributed by atoms with van der Waals surface area (Å²) >= 11 is 0. The molecule has 1 rings (SSSR count). The fourth-order valence-corrected chi connectivity index (χ4v) is 1.92. The molecule has 0 aliphatic heterocycles. The lowest BCUT2D eigenvalue weighted by Crippen LogP contribution is -2.16. The van der Waals surface area contributed by atoms with Crippen molar-refractivity contribution in [1.29, 1.82) is 0 Å². The predicted octanol–water partition coefficient (Wildman–Crippen LogP) is 4.29. The molecule has 0 heterocycles. The monoisotopic (exact) mass is 264 g/mol. The molecule has 0 spiro atoms. The van der Waals surface area contributed by atoms with Gasteiger partial charge in [0.25, 0.3) is 0 Å². The third kappa shape index (κ3) is 5.86. The van der Waals surface area contributed by atoms with E-state index in [1.54, 1.807) is 0 Å². The molecule has 0 amide bonds. The molecule has 0 bridgehead atoms. The van der Waals surface area contributed by atoms with Crippen LogP contribution < -0.4 is 15.8 Å². The minimum atomic E-state index is 0.135. The highest BCUT2D eigenvalue weighted by molar-refractivity contribution is 5.61. The summed E-state index contributed by atoms with van der Waals surface area (Å²) in [6.07, 6.45) is 2.54. The van der Waals surface area contributed by atoms with Crippen molar-refractivity contribution in [2.75, 3.05) is 11.1 Å². The Labute approximate surface area is 117 Å². The number of benzene rings is 1. The van der Waals surface area contributed by atoms with Gasteiger partial charge in [0.2, 0.25) is 0 Å². The number of ether oxygens (including phenoxy) is 1. The molecule has 0 aliphatic carbocycles. The first-order valence-electron chi connectivity index (χ1n) is 7.21. The zero-order valence-corrected chi connectivity index (χ0v) is 12.9. The van der Waals surface area contributed by atoms with Crippen LogP contribution in [0.1, 0.15) is 47.5 Å². The minimum absolute atomic E-state index is 0.135. The van der Waals surface area contributed by atoms with E-state index < -0.39 is 0 Å². The molecule has 1 atom stereocenters. The second-order valence-corrected chi connectivity index (χ2v) is 5.94. The molecule has 0 aromatic heterocycles. The first kappa shape index (κ1) is 15.7. The van der Waals surface area contributed by atoms with Crippen LogP contribution in [0.3, 0.4) is 0 Å². The maximum absolute atomic E-state index is 5.91. The summed E-state index contributed by atoms with van der Waals surface area (Å²) in [5.74, 6) is 1.51. The number of rotatable bonds is 7. The Bertz CT molecular complexity index is 388. The molecule has 3 nitrogen and oxygen atoms in total. The van der Waals surface area contributed by atoms with Crippen molar-refractivity contribution in [3.63, 3.8) is 0 Å². The van der Waals surface area contributed by atoms with Gasteiger partial charge in [-0.2, -0.15) is 0 Å². The SMILES string of the molecule is CC(C)CCC(C)Nc1ccc(N)c(OC(C)C)c1. The average molecular weight is 264 g/mol. The van der Waals surface area contributed by atoms with Crippen LogP contribution in [0.2, 0.25) is 0 Å². The molecule has 1 aromatic carbocycles. The first-order valence-corrected chi connectivity index (χ1v) is 7.21. The summed E-state index contributed by atoms with van der Waals surface area (Å²) in [5.41, 5.74) is 7.67. The minimum Gasteiger partial charge on any atom is -0.489 e. The molecule has 1 aromatic rings. The first-order chi connectivity index (χ1) is 8.88. The predicted molar refractivity (Wildman–Crippen MR) is 83.8 cm³/mol. The van der Waals surface area contributed by atoms with Gasteiger partial charge in [-0.05, 0) is 51.7 Å². The van der Waals surface area contributed by atoms with Crippen LogP contribution in [0.15, 0.2) is 18.2 Å². The van der Waals surface area contributed by atoms with Crippen molar-refractivity contribution in [1.82, 2.24) is 0 Å². The molecule has 0 radical (unpaired) electrons. The van der Waals surface area contributed by atoms with E-state index in [1.807, 2.05) is 32.0 Å². The van der Waals surface area contributed by atoms with E-state index in [0.717, 1.165) is 17.4 Å². The van der Waals surface area contributed by atoms with E-state index in [9.17, 15) is 0 Å². The molecule has 0 saturated carbocycles. The van der Waals surface area contributed by atoms with Crippen LogP contribution >= 0.6 is 0 Å². The molecular formula is C16H28N2O. The average Bonchev–Trinajstić information content (AvgIpc) is 2.30. The largest absolute Gasteiger partial charge is 0.489 e. The van der Waals surface area contributed by atoms with Crippen LogP contribution in [0.25, 0.3) is 0 Å². The molecule has 0 aliphatic rings. The highest BCUT2D eigenvalue weighted by Crippen LogP contribution is 2.27. The summed E-state index contributed by atoms with van der Waals surface area (Å²) in [5, 5.41) is 3.50. The van der Waals surface area contributed by atoms with E-state index in [2.05, 4.69) is 26.1 Å². The number of anilines is 2. The summed E-state index contributed by atoms with van der Waals surface area (Å²) < 4.78 is 5.70. The van der Waals surface area contributed by atoms with Gasteiger partial charge in [0.1, 0.15) is 5.75 Å². The van der Waals surface area contributed by atoms with Crippen molar-refractivity contribution in [3.05, 3.63) is 18.2 Å². The molecule has 19 heavy (non-hydrogen) atoms. The second kappa shape index (κ2) is 7.27. The maximum Gasteiger partial charge on any atom is 0.144 e. The fourth-order valence-electron chi connectivity index (χ4n) is 1.92. The van der Waals surface area contributed by atoms with Gasteiger partial charge in [0.15, 0.2) is 0 Å². The number of hydrogen-bond donors (Lipinski definition) is 2. The quantitative estimate of drug-likeness (QED) is 0.722. The van der Waals surface area contributed by atoms with Crippen LogP contribution in [-0.4, -0.2) is 12.1 Å². The van der Waals surface area contributed by atoms with E-state index >= 15 is 0 Å². The van der Waals surface area contributed by atoms with Crippen LogP contribution in [0.5, 0.6) is 5.75 Å². The van der Waals surface area contributed by atoms with Gasteiger partial charge in [-0.15, -0.1) is 0 Å². The lowest BCUT2D eigenvalue weighted by molar-refractivity contribution is 0.244. The third-order valence-electron chi connectivity index (χ3n) is 2.97. The topological polar surface area (TPSA) is 47.3 Å². The molecule has 0 fully saturated rings. The second-order valence-electron chi connectivity index (χ2n) is 5.94. The Balaban J connectivity index is 2.63. The summed E-state index contributed by atoms with van der Waals surface area (Å²) in [7, 11) is 0. The normalized spacial score (nSPS) is 12.8. The van der Waals surface area contributed by atoms with Gasteiger partial charge in [0, 0.05) is 17.8 Å². The van der Waals surface area contributed by atoms with Crippen LogP contribution in [0, 0.1) is 5.92 Å². The lowest BCUT2D eigenvalue weighted by atomic mass is 10.0. The molecular weight excluding hydrogens is 236 g/mol. The van der Waals surface area contributed by atoms with E-state index in [4.69, 9.17) is 10.5 Å². The number of nitrogen functional groups attached to an aromatic ring is 1. The molecule has 1 unspecified atom stereocenters. The number of hydrogen-bond acceptors (Lipinski definition) is 3. The smallest absolute Gasteiger partial charge is 0.144 e. The van der Waals surface area contributed by atoms with Gasteiger partial charge < -0.3 is 15.8 Å². The van der Waals surface area contributed by atoms with Crippen LogP contribution in [-0.2, 0) is 0 Å². The third-order valence-corrected chi connectivity index (χ3v) is 2.97. The van der Waals surface area contributed by atoms with Gasteiger partial charge >= 0.3 is 0 Å². The zero-order valence-electron chi connectivity index (χ0n) is 12.9. The van der Waals surface area contributed by atoms with E-state index in [1.165, 1.54) is 12.8 Å². The Morgan fingerprint density at radius 2 is 1.79 bits per heavy atom.